The minimum absolute atomic E-state index is 0.316. The number of rotatable bonds is 12. The Bertz CT molecular complexity index is 1100. The van der Waals surface area contributed by atoms with Gasteiger partial charge in [0.15, 0.2) is 5.82 Å². The van der Waals surface area contributed by atoms with Gasteiger partial charge in [-0.3, -0.25) is 4.79 Å². The summed E-state index contributed by atoms with van der Waals surface area (Å²) in [5.74, 6) is 1.52. The van der Waals surface area contributed by atoms with Crippen molar-refractivity contribution < 1.29 is 19.0 Å². The second-order valence-electron chi connectivity index (χ2n) is 9.39. The van der Waals surface area contributed by atoms with Gasteiger partial charge in [-0.15, -0.1) is 11.7 Å². The van der Waals surface area contributed by atoms with Crippen molar-refractivity contribution in [2.75, 3.05) is 19.5 Å². The van der Waals surface area contributed by atoms with Crippen molar-refractivity contribution in [2.24, 2.45) is 5.92 Å². The lowest BCUT2D eigenvalue weighted by Gasteiger charge is -2.27. The first-order valence-electron chi connectivity index (χ1n) is 11.7. The summed E-state index contributed by atoms with van der Waals surface area (Å²) in [6.45, 7) is 9.91. The summed E-state index contributed by atoms with van der Waals surface area (Å²) in [7, 11) is 3.24. The van der Waals surface area contributed by atoms with E-state index in [9.17, 15) is 4.79 Å². The molecule has 0 aliphatic heterocycles. The molecule has 0 radical (unpaired) electrons. The molecule has 1 aromatic carbocycles. The third-order valence-electron chi connectivity index (χ3n) is 5.49. The maximum Gasteiger partial charge on any atom is 0.310 e. The molecular formula is C26H34N6O4. The maximum absolute atomic E-state index is 13.0. The van der Waals surface area contributed by atoms with Crippen LogP contribution in [0.3, 0.4) is 0 Å². The van der Waals surface area contributed by atoms with Gasteiger partial charge in [-0.05, 0) is 73.4 Å². The summed E-state index contributed by atoms with van der Waals surface area (Å²) in [6.07, 6.45) is 4.42. The van der Waals surface area contributed by atoms with Gasteiger partial charge in [0.25, 0.3) is 0 Å². The van der Waals surface area contributed by atoms with Crippen LogP contribution in [0.5, 0.6) is 11.5 Å². The fourth-order valence-electron chi connectivity index (χ4n) is 3.80. The van der Waals surface area contributed by atoms with Gasteiger partial charge in [-0.2, -0.15) is 0 Å². The standard InChI is InChI=1S/C26H34N6O4/c1-7-8-21(25(33)36-26(2,3)4)22(24-29-31-32-30-24)13-17-9-10-23(27-15-17)28-16-18-11-19(34-5)14-20(12-18)35-6/h7,9-12,14-15,21-22H,1,8,13,16H2,2-6H3,(H,27,28)(H,29,30,31,32)/t21?,22-/m0/s1. The average molecular weight is 495 g/mol. The van der Waals surface area contributed by atoms with Crippen LogP contribution in [0, 0.1) is 5.92 Å². The Kier molecular flexibility index (Phi) is 8.99. The number of aromatic amines is 1. The summed E-state index contributed by atoms with van der Waals surface area (Å²) in [5, 5.41) is 17.6. The Morgan fingerprint density at radius 2 is 1.86 bits per heavy atom. The Morgan fingerprint density at radius 1 is 1.14 bits per heavy atom. The molecule has 36 heavy (non-hydrogen) atoms. The molecule has 2 aromatic heterocycles. The van der Waals surface area contributed by atoms with Crippen LogP contribution >= 0.6 is 0 Å². The van der Waals surface area contributed by atoms with Crippen LogP contribution in [-0.4, -0.2) is 51.4 Å². The molecule has 0 fully saturated rings. The highest BCUT2D eigenvalue weighted by molar-refractivity contribution is 5.74. The molecule has 3 rings (SSSR count). The number of ether oxygens (including phenoxy) is 3. The maximum atomic E-state index is 13.0. The molecule has 0 saturated carbocycles. The number of hydrogen-bond acceptors (Lipinski definition) is 9. The van der Waals surface area contributed by atoms with Gasteiger partial charge in [0.1, 0.15) is 22.9 Å². The van der Waals surface area contributed by atoms with E-state index in [1.807, 2.05) is 51.1 Å². The molecule has 0 saturated heterocycles. The van der Waals surface area contributed by atoms with Gasteiger partial charge in [0.05, 0.1) is 20.1 Å². The first-order chi connectivity index (χ1) is 17.2. The van der Waals surface area contributed by atoms with Crippen molar-refractivity contribution in [1.82, 2.24) is 25.6 Å². The van der Waals surface area contributed by atoms with Crippen molar-refractivity contribution in [1.29, 1.82) is 0 Å². The van der Waals surface area contributed by atoms with E-state index in [4.69, 9.17) is 14.2 Å². The van der Waals surface area contributed by atoms with Crippen molar-refractivity contribution in [3.05, 3.63) is 66.1 Å². The number of esters is 1. The van der Waals surface area contributed by atoms with E-state index in [0.29, 0.717) is 31.0 Å². The predicted octanol–water partition coefficient (Wildman–Crippen LogP) is 4.08. The Morgan fingerprint density at radius 3 is 2.39 bits per heavy atom. The minimum Gasteiger partial charge on any atom is -0.497 e. The highest BCUT2D eigenvalue weighted by atomic mass is 16.6. The molecule has 0 aliphatic rings. The van der Waals surface area contributed by atoms with Crippen LogP contribution in [0.1, 0.15) is 50.1 Å². The zero-order chi connectivity index (χ0) is 26.1. The lowest BCUT2D eigenvalue weighted by Crippen LogP contribution is -2.32. The molecule has 192 valence electrons. The van der Waals surface area contributed by atoms with E-state index in [0.717, 1.165) is 22.6 Å². The Hall–Kier alpha value is -3.95. The lowest BCUT2D eigenvalue weighted by atomic mass is 9.84. The van der Waals surface area contributed by atoms with Crippen LogP contribution in [0.15, 0.2) is 49.2 Å². The topological polar surface area (TPSA) is 124 Å². The summed E-state index contributed by atoms with van der Waals surface area (Å²) in [4.78, 5) is 17.6. The molecule has 2 N–H and O–H groups in total. The number of nitrogens with one attached hydrogen (secondary N) is 2. The van der Waals surface area contributed by atoms with E-state index in [2.05, 4.69) is 37.5 Å². The van der Waals surface area contributed by atoms with Gasteiger partial charge < -0.3 is 19.5 Å². The number of hydrogen-bond donors (Lipinski definition) is 2. The predicted molar refractivity (Wildman–Crippen MR) is 136 cm³/mol. The third-order valence-corrected chi connectivity index (χ3v) is 5.49. The van der Waals surface area contributed by atoms with E-state index < -0.39 is 11.5 Å². The van der Waals surface area contributed by atoms with Crippen LogP contribution in [0.2, 0.25) is 0 Å². The molecule has 10 heteroatoms. The zero-order valence-electron chi connectivity index (χ0n) is 21.4. The average Bonchev–Trinajstić information content (AvgIpc) is 3.39. The zero-order valence-corrected chi connectivity index (χ0v) is 21.4. The van der Waals surface area contributed by atoms with Crippen LogP contribution in [0.4, 0.5) is 5.82 Å². The second-order valence-corrected chi connectivity index (χ2v) is 9.39. The van der Waals surface area contributed by atoms with Gasteiger partial charge >= 0.3 is 5.97 Å². The molecule has 2 heterocycles. The van der Waals surface area contributed by atoms with E-state index in [1.165, 1.54) is 0 Å². The molecule has 10 nitrogen and oxygen atoms in total. The molecule has 3 aromatic rings. The highest BCUT2D eigenvalue weighted by Gasteiger charge is 2.34. The minimum atomic E-state index is -0.609. The largest absolute Gasteiger partial charge is 0.497 e. The van der Waals surface area contributed by atoms with Crippen molar-refractivity contribution >= 4 is 11.8 Å². The van der Waals surface area contributed by atoms with E-state index in [1.54, 1.807) is 26.5 Å². The smallest absolute Gasteiger partial charge is 0.310 e. The lowest BCUT2D eigenvalue weighted by molar-refractivity contribution is -0.160. The number of aromatic nitrogens is 5. The molecule has 0 aliphatic carbocycles. The normalized spacial score (nSPS) is 12.9. The van der Waals surface area contributed by atoms with Crippen molar-refractivity contribution in [3.8, 4) is 11.5 Å². The number of pyridine rings is 1. The first kappa shape index (κ1) is 26.7. The fourth-order valence-corrected chi connectivity index (χ4v) is 3.80. The fraction of sp³-hybridized carbons (Fsp3) is 0.423. The monoisotopic (exact) mass is 494 g/mol. The number of tetrazole rings is 1. The van der Waals surface area contributed by atoms with E-state index in [-0.39, 0.29) is 11.9 Å². The number of nitrogens with zero attached hydrogens (tertiary/aromatic N) is 4. The number of benzene rings is 1. The van der Waals surface area contributed by atoms with Gasteiger partial charge in [0.2, 0.25) is 0 Å². The summed E-state index contributed by atoms with van der Waals surface area (Å²) < 4.78 is 16.3. The quantitative estimate of drug-likeness (QED) is 0.283. The van der Waals surface area contributed by atoms with Gasteiger partial charge in [0, 0.05) is 24.7 Å². The molecular weight excluding hydrogens is 460 g/mol. The van der Waals surface area contributed by atoms with Crippen LogP contribution < -0.4 is 14.8 Å². The summed E-state index contributed by atoms with van der Waals surface area (Å²) in [5.41, 5.74) is 1.32. The van der Waals surface area contributed by atoms with Crippen molar-refractivity contribution in [3.63, 3.8) is 0 Å². The Balaban J connectivity index is 1.74. The SMILES string of the molecule is C=CCC(C(=O)OC(C)(C)C)[C@H](Cc1ccc(NCc2cc(OC)cc(OC)c2)nc1)c1nnn[nH]1. The Labute approximate surface area is 211 Å². The highest BCUT2D eigenvalue weighted by Crippen LogP contribution is 2.31. The first-order valence-corrected chi connectivity index (χ1v) is 11.7. The summed E-state index contributed by atoms with van der Waals surface area (Å²) >= 11 is 0. The van der Waals surface area contributed by atoms with E-state index >= 15 is 0 Å². The summed E-state index contributed by atoms with van der Waals surface area (Å²) in [6, 6.07) is 9.58. The van der Waals surface area contributed by atoms with Crippen LogP contribution in [-0.2, 0) is 22.5 Å². The van der Waals surface area contributed by atoms with Crippen LogP contribution in [0.25, 0.3) is 0 Å². The molecule has 0 spiro atoms. The molecule has 1 unspecified atom stereocenters. The molecule has 0 bridgehead atoms. The number of H-pyrrole nitrogens is 1. The van der Waals surface area contributed by atoms with Crippen molar-refractivity contribution in [2.45, 2.75) is 51.7 Å². The molecule has 2 atom stereocenters. The number of allylic oxidation sites excluding steroid dienone is 1. The van der Waals surface area contributed by atoms with Gasteiger partial charge in [-0.1, -0.05) is 12.1 Å². The number of methoxy groups -OCH3 is 2. The number of anilines is 1. The third kappa shape index (κ3) is 7.53. The molecule has 0 amide bonds. The second kappa shape index (κ2) is 12.1. The van der Waals surface area contributed by atoms with Gasteiger partial charge in [-0.25, -0.2) is 10.1 Å². The number of carbonyl (C=O) groups is 1. The number of carbonyl (C=O) groups excluding carboxylic acids is 1.